The van der Waals surface area contributed by atoms with Gasteiger partial charge in [0.25, 0.3) is 5.91 Å². The fourth-order valence-electron chi connectivity index (χ4n) is 1.83. The first kappa shape index (κ1) is 19.5. The lowest BCUT2D eigenvalue weighted by molar-refractivity contribution is -0.120. The maximum Gasteiger partial charge on any atom is 0.408 e. The predicted octanol–water partition coefficient (Wildman–Crippen LogP) is 1.37. The number of benzene rings is 1. The van der Waals surface area contributed by atoms with Crippen LogP contribution in [-0.2, 0) is 9.53 Å². The third-order valence-electron chi connectivity index (χ3n) is 2.91. The van der Waals surface area contributed by atoms with Crippen molar-refractivity contribution in [3.63, 3.8) is 0 Å². The Labute approximate surface area is 142 Å². The molecule has 0 aliphatic carbocycles. The van der Waals surface area contributed by atoms with Crippen LogP contribution in [0.25, 0.3) is 0 Å². The van der Waals surface area contributed by atoms with Crippen molar-refractivity contribution in [2.75, 3.05) is 19.6 Å². The Hall–Kier alpha value is -2.57. The summed E-state index contributed by atoms with van der Waals surface area (Å²) in [4.78, 5) is 34.9. The van der Waals surface area contributed by atoms with E-state index in [0.29, 0.717) is 12.1 Å². The molecule has 0 aromatic heterocycles. The Morgan fingerprint density at radius 1 is 1.00 bits per heavy atom. The largest absolute Gasteiger partial charge is 0.444 e. The number of hydrogen-bond donors (Lipinski definition) is 3. The minimum absolute atomic E-state index is 0.180. The second kappa shape index (κ2) is 8.90. The van der Waals surface area contributed by atoms with Crippen molar-refractivity contribution in [3.8, 4) is 0 Å². The summed E-state index contributed by atoms with van der Waals surface area (Å²) in [5.74, 6) is -0.541. The normalized spacial score (nSPS) is 10.7. The van der Waals surface area contributed by atoms with E-state index < -0.39 is 11.7 Å². The molecular formula is C17H25N3O4. The molecule has 0 aliphatic heterocycles. The van der Waals surface area contributed by atoms with E-state index in [2.05, 4.69) is 16.0 Å². The lowest BCUT2D eigenvalue weighted by atomic mass is 10.1. The van der Waals surface area contributed by atoms with Gasteiger partial charge in [0.2, 0.25) is 5.91 Å². The van der Waals surface area contributed by atoms with Gasteiger partial charge in [0.05, 0.1) is 6.54 Å². The van der Waals surface area contributed by atoms with Gasteiger partial charge in [-0.3, -0.25) is 9.59 Å². The standard InChI is InChI=1S/C17H25N3O4/c1-12-7-5-6-8-13(12)15(22)19-10-9-18-14(21)11-20-16(23)24-17(2,3)4/h5-8H,9-11H2,1-4H3,(H,18,21)(H,19,22)(H,20,23). The van der Waals surface area contributed by atoms with Crippen LogP contribution in [0.4, 0.5) is 4.79 Å². The van der Waals surface area contributed by atoms with Crippen molar-refractivity contribution in [2.45, 2.75) is 33.3 Å². The third kappa shape index (κ3) is 7.62. The molecule has 0 atom stereocenters. The molecule has 3 N–H and O–H groups in total. The Morgan fingerprint density at radius 3 is 2.25 bits per heavy atom. The van der Waals surface area contributed by atoms with Crippen LogP contribution >= 0.6 is 0 Å². The van der Waals surface area contributed by atoms with Crippen molar-refractivity contribution in [3.05, 3.63) is 35.4 Å². The predicted molar refractivity (Wildman–Crippen MR) is 90.8 cm³/mol. The number of carbonyl (C=O) groups excluding carboxylic acids is 3. The molecule has 0 radical (unpaired) electrons. The zero-order chi connectivity index (χ0) is 18.2. The smallest absolute Gasteiger partial charge is 0.408 e. The van der Waals surface area contributed by atoms with E-state index >= 15 is 0 Å². The van der Waals surface area contributed by atoms with Crippen molar-refractivity contribution >= 4 is 17.9 Å². The summed E-state index contributed by atoms with van der Waals surface area (Å²) in [6.07, 6.45) is -0.648. The van der Waals surface area contributed by atoms with E-state index in [4.69, 9.17) is 4.74 Å². The maximum absolute atomic E-state index is 12.0. The molecule has 24 heavy (non-hydrogen) atoms. The quantitative estimate of drug-likeness (QED) is 0.684. The average Bonchev–Trinajstić information content (AvgIpc) is 2.48. The third-order valence-corrected chi connectivity index (χ3v) is 2.91. The van der Waals surface area contributed by atoms with Gasteiger partial charge in [0, 0.05) is 18.7 Å². The zero-order valence-corrected chi connectivity index (χ0v) is 14.6. The van der Waals surface area contributed by atoms with Crippen molar-refractivity contribution < 1.29 is 19.1 Å². The highest BCUT2D eigenvalue weighted by atomic mass is 16.6. The van der Waals surface area contributed by atoms with Gasteiger partial charge >= 0.3 is 6.09 Å². The van der Waals surface area contributed by atoms with Crippen LogP contribution in [0.1, 0.15) is 36.7 Å². The van der Waals surface area contributed by atoms with Crippen LogP contribution in [0.15, 0.2) is 24.3 Å². The Morgan fingerprint density at radius 2 is 1.62 bits per heavy atom. The minimum atomic E-state index is -0.648. The first-order valence-corrected chi connectivity index (χ1v) is 7.76. The van der Waals surface area contributed by atoms with E-state index in [1.807, 2.05) is 19.1 Å². The summed E-state index contributed by atoms with van der Waals surface area (Å²) < 4.78 is 5.02. The molecule has 3 amide bonds. The number of amides is 3. The first-order chi connectivity index (χ1) is 11.2. The van der Waals surface area contributed by atoms with Crippen molar-refractivity contribution in [1.29, 1.82) is 0 Å². The molecular weight excluding hydrogens is 310 g/mol. The summed E-state index contributed by atoms with van der Waals surface area (Å²) >= 11 is 0. The van der Waals surface area contributed by atoms with Gasteiger partial charge in [0.15, 0.2) is 0 Å². The van der Waals surface area contributed by atoms with E-state index in [0.717, 1.165) is 5.56 Å². The van der Waals surface area contributed by atoms with Crippen LogP contribution in [0, 0.1) is 6.92 Å². The molecule has 0 saturated carbocycles. The van der Waals surface area contributed by atoms with Crippen LogP contribution in [0.5, 0.6) is 0 Å². The van der Waals surface area contributed by atoms with Crippen LogP contribution in [0.3, 0.4) is 0 Å². The van der Waals surface area contributed by atoms with Crippen LogP contribution in [-0.4, -0.2) is 43.1 Å². The molecule has 0 aliphatic rings. The Balaban J connectivity index is 2.21. The van der Waals surface area contributed by atoms with E-state index in [1.54, 1.807) is 32.9 Å². The van der Waals surface area contributed by atoms with Crippen molar-refractivity contribution in [1.82, 2.24) is 16.0 Å². The van der Waals surface area contributed by atoms with Gasteiger partial charge in [-0.25, -0.2) is 4.79 Å². The monoisotopic (exact) mass is 335 g/mol. The molecule has 7 heteroatoms. The number of ether oxygens (including phenoxy) is 1. The molecule has 0 spiro atoms. The van der Waals surface area contributed by atoms with Gasteiger partial charge in [-0.2, -0.15) is 0 Å². The summed E-state index contributed by atoms with van der Waals surface area (Å²) in [6, 6.07) is 7.27. The summed E-state index contributed by atoms with van der Waals surface area (Å²) in [5, 5.41) is 7.69. The molecule has 7 nitrogen and oxygen atoms in total. The summed E-state index contributed by atoms with van der Waals surface area (Å²) in [7, 11) is 0. The van der Waals surface area contributed by atoms with Gasteiger partial charge in [-0.1, -0.05) is 18.2 Å². The SMILES string of the molecule is Cc1ccccc1C(=O)NCCNC(=O)CNC(=O)OC(C)(C)C. The topological polar surface area (TPSA) is 96.5 Å². The van der Waals surface area contributed by atoms with E-state index in [-0.39, 0.29) is 24.9 Å². The fourth-order valence-corrected chi connectivity index (χ4v) is 1.83. The summed E-state index contributed by atoms with van der Waals surface area (Å²) in [5.41, 5.74) is 0.886. The van der Waals surface area contributed by atoms with E-state index in [9.17, 15) is 14.4 Å². The summed E-state index contributed by atoms with van der Waals surface area (Å²) in [6.45, 7) is 7.47. The molecule has 132 valence electrons. The maximum atomic E-state index is 12.0. The number of aryl methyl sites for hydroxylation is 1. The second-order valence-corrected chi connectivity index (χ2v) is 6.28. The fraction of sp³-hybridized carbons (Fsp3) is 0.471. The van der Waals surface area contributed by atoms with Gasteiger partial charge in [0.1, 0.15) is 5.60 Å². The number of carbonyl (C=O) groups is 3. The number of alkyl carbamates (subject to hydrolysis) is 1. The molecule has 1 aromatic carbocycles. The van der Waals surface area contributed by atoms with Gasteiger partial charge in [-0.05, 0) is 39.3 Å². The minimum Gasteiger partial charge on any atom is -0.444 e. The lowest BCUT2D eigenvalue weighted by Gasteiger charge is -2.19. The molecule has 0 unspecified atom stereocenters. The molecule has 1 rings (SSSR count). The van der Waals surface area contributed by atoms with Crippen molar-refractivity contribution in [2.24, 2.45) is 0 Å². The van der Waals surface area contributed by atoms with E-state index in [1.165, 1.54) is 0 Å². The highest BCUT2D eigenvalue weighted by Crippen LogP contribution is 2.06. The second-order valence-electron chi connectivity index (χ2n) is 6.28. The van der Waals surface area contributed by atoms with Gasteiger partial charge in [-0.15, -0.1) is 0 Å². The zero-order valence-electron chi connectivity index (χ0n) is 14.6. The number of rotatable bonds is 6. The molecule has 1 aromatic rings. The van der Waals surface area contributed by atoms with Gasteiger partial charge < -0.3 is 20.7 Å². The Bertz CT molecular complexity index is 594. The first-order valence-electron chi connectivity index (χ1n) is 7.76. The highest BCUT2D eigenvalue weighted by molar-refractivity contribution is 5.95. The molecule has 0 bridgehead atoms. The van der Waals surface area contributed by atoms with Crippen LogP contribution < -0.4 is 16.0 Å². The average molecular weight is 335 g/mol. The molecule has 0 heterocycles. The Kier molecular flexibility index (Phi) is 7.23. The van der Waals surface area contributed by atoms with Crippen LogP contribution in [0.2, 0.25) is 0 Å². The molecule has 0 fully saturated rings. The highest BCUT2D eigenvalue weighted by Gasteiger charge is 2.16. The molecule has 0 saturated heterocycles. The number of nitrogens with one attached hydrogen (secondary N) is 3. The number of hydrogen-bond acceptors (Lipinski definition) is 4. The lowest BCUT2D eigenvalue weighted by Crippen LogP contribution is -2.42.